The van der Waals surface area contributed by atoms with E-state index in [9.17, 15) is 21.6 Å². The number of rotatable bonds is 6. The van der Waals surface area contributed by atoms with E-state index in [0.29, 0.717) is 11.4 Å². The zero-order valence-corrected chi connectivity index (χ0v) is 15.2. The lowest BCUT2D eigenvalue weighted by Crippen LogP contribution is -2.20. The average Bonchev–Trinajstić information content (AvgIpc) is 2.52. The first-order chi connectivity index (χ1) is 11.6. The first kappa shape index (κ1) is 18.9. The van der Waals surface area contributed by atoms with Gasteiger partial charge in [-0.05, 0) is 48.5 Å². The fraction of sp³-hybridized carbons (Fsp3) is 0.188. The third-order valence-corrected chi connectivity index (χ3v) is 5.44. The highest BCUT2D eigenvalue weighted by Gasteiger charge is 2.09. The average molecular weight is 383 g/mol. The number of carbonyl (C=O) groups is 1. The van der Waals surface area contributed by atoms with Gasteiger partial charge in [0.25, 0.3) is 5.91 Å². The fourth-order valence-electron chi connectivity index (χ4n) is 1.91. The zero-order chi connectivity index (χ0) is 18.7. The van der Waals surface area contributed by atoms with Gasteiger partial charge in [0.1, 0.15) is 5.75 Å². The molecule has 0 aliphatic rings. The Balaban J connectivity index is 1.92. The van der Waals surface area contributed by atoms with Crippen molar-refractivity contribution < 1.29 is 26.4 Å². The van der Waals surface area contributed by atoms with Crippen LogP contribution in [-0.2, 0) is 24.5 Å². The summed E-state index contributed by atoms with van der Waals surface area (Å²) in [5.74, 6) is -0.0748. The quantitative estimate of drug-likeness (QED) is 0.810. The Labute approximate surface area is 146 Å². The van der Waals surface area contributed by atoms with E-state index in [4.69, 9.17) is 4.74 Å². The van der Waals surface area contributed by atoms with Crippen LogP contribution in [0.1, 0.15) is 0 Å². The maximum absolute atomic E-state index is 11.8. The minimum atomic E-state index is -3.29. The van der Waals surface area contributed by atoms with Crippen molar-refractivity contribution in [1.29, 1.82) is 0 Å². The standard InChI is InChI=1S/C16H17NO6S2/c1-24(19,20)14-7-3-12(4-8-14)17-16(18)11-23-13-5-9-15(10-6-13)25(2,21)22/h3-10H,11H2,1-2H3,(H,17,18). The largest absolute Gasteiger partial charge is 0.484 e. The summed E-state index contributed by atoms with van der Waals surface area (Å²) in [6.07, 6.45) is 2.20. The molecule has 2 aromatic rings. The molecule has 1 amide bonds. The molecule has 0 spiro atoms. The first-order valence-electron chi connectivity index (χ1n) is 7.08. The van der Waals surface area contributed by atoms with E-state index in [0.717, 1.165) is 12.5 Å². The third kappa shape index (κ3) is 5.57. The lowest BCUT2D eigenvalue weighted by atomic mass is 10.3. The summed E-state index contributed by atoms with van der Waals surface area (Å²) in [7, 11) is -6.57. The normalized spacial score (nSPS) is 11.8. The highest BCUT2D eigenvalue weighted by Crippen LogP contribution is 2.16. The Morgan fingerprint density at radius 2 is 1.28 bits per heavy atom. The number of ether oxygens (including phenoxy) is 1. The van der Waals surface area contributed by atoms with Gasteiger partial charge in [-0.2, -0.15) is 0 Å². The van der Waals surface area contributed by atoms with Gasteiger partial charge in [-0.1, -0.05) is 0 Å². The van der Waals surface area contributed by atoms with Crippen molar-refractivity contribution in [3.63, 3.8) is 0 Å². The van der Waals surface area contributed by atoms with Crippen molar-refractivity contribution in [3.05, 3.63) is 48.5 Å². The molecule has 0 radical (unpaired) electrons. The molecule has 2 rings (SSSR count). The molecule has 0 aromatic heterocycles. The predicted molar refractivity (Wildman–Crippen MR) is 93.2 cm³/mol. The summed E-state index contributed by atoms with van der Waals surface area (Å²) in [4.78, 5) is 12.2. The fourth-order valence-corrected chi connectivity index (χ4v) is 3.18. The molecule has 0 saturated heterocycles. The predicted octanol–water partition coefficient (Wildman–Crippen LogP) is 1.51. The monoisotopic (exact) mass is 383 g/mol. The van der Waals surface area contributed by atoms with Crippen LogP contribution in [0, 0.1) is 0 Å². The summed E-state index contributed by atoms with van der Waals surface area (Å²) >= 11 is 0. The van der Waals surface area contributed by atoms with Crippen LogP contribution in [0.5, 0.6) is 5.75 Å². The molecule has 0 fully saturated rings. The Bertz CT molecular complexity index is 962. The Morgan fingerprint density at radius 3 is 1.72 bits per heavy atom. The molecule has 0 bridgehead atoms. The molecule has 7 nitrogen and oxygen atoms in total. The molecule has 134 valence electrons. The molecule has 25 heavy (non-hydrogen) atoms. The van der Waals surface area contributed by atoms with E-state index in [1.165, 1.54) is 48.5 Å². The van der Waals surface area contributed by atoms with E-state index in [1.54, 1.807) is 0 Å². The van der Waals surface area contributed by atoms with Crippen molar-refractivity contribution >= 4 is 31.3 Å². The van der Waals surface area contributed by atoms with Gasteiger partial charge in [0, 0.05) is 18.2 Å². The Kier molecular flexibility index (Phi) is 5.48. The SMILES string of the molecule is CS(=O)(=O)c1ccc(NC(=O)COc2ccc(S(C)(=O)=O)cc2)cc1. The molecule has 0 aliphatic heterocycles. The number of anilines is 1. The first-order valence-corrected chi connectivity index (χ1v) is 10.9. The maximum atomic E-state index is 11.8. The van der Waals surface area contributed by atoms with Crippen LogP contribution in [0.25, 0.3) is 0 Å². The second kappa shape index (κ2) is 7.24. The lowest BCUT2D eigenvalue weighted by molar-refractivity contribution is -0.118. The molecular formula is C16H17NO6S2. The van der Waals surface area contributed by atoms with Gasteiger partial charge >= 0.3 is 0 Å². The zero-order valence-electron chi connectivity index (χ0n) is 13.6. The molecule has 0 saturated carbocycles. The van der Waals surface area contributed by atoms with E-state index in [-0.39, 0.29) is 16.4 Å². The molecular weight excluding hydrogens is 366 g/mol. The molecule has 9 heteroatoms. The van der Waals surface area contributed by atoms with Gasteiger partial charge in [-0.25, -0.2) is 16.8 Å². The second-order valence-electron chi connectivity index (χ2n) is 5.38. The highest BCUT2D eigenvalue weighted by atomic mass is 32.2. The van der Waals surface area contributed by atoms with Gasteiger partial charge in [0.05, 0.1) is 9.79 Å². The van der Waals surface area contributed by atoms with Crippen LogP contribution < -0.4 is 10.1 Å². The van der Waals surface area contributed by atoms with Crippen LogP contribution in [0.3, 0.4) is 0 Å². The van der Waals surface area contributed by atoms with Gasteiger partial charge in [-0.15, -0.1) is 0 Å². The second-order valence-corrected chi connectivity index (χ2v) is 9.41. The number of benzene rings is 2. The van der Waals surface area contributed by atoms with Crippen LogP contribution in [0.4, 0.5) is 5.69 Å². The molecule has 0 atom stereocenters. The minimum Gasteiger partial charge on any atom is -0.484 e. The van der Waals surface area contributed by atoms with Crippen molar-refractivity contribution in [2.75, 3.05) is 24.4 Å². The number of nitrogens with one attached hydrogen (secondary N) is 1. The maximum Gasteiger partial charge on any atom is 0.262 e. The van der Waals surface area contributed by atoms with Crippen molar-refractivity contribution in [3.8, 4) is 5.75 Å². The van der Waals surface area contributed by atoms with Gasteiger partial charge < -0.3 is 10.1 Å². The summed E-state index contributed by atoms with van der Waals surface area (Å²) < 4.78 is 50.7. The summed E-state index contributed by atoms with van der Waals surface area (Å²) in [5, 5.41) is 2.57. The number of amides is 1. The molecule has 0 heterocycles. The molecule has 0 unspecified atom stereocenters. The smallest absolute Gasteiger partial charge is 0.262 e. The number of carbonyl (C=O) groups excluding carboxylic acids is 1. The van der Waals surface area contributed by atoms with E-state index >= 15 is 0 Å². The highest BCUT2D eigenvalue weighted by molar-refractivity contribution is 7.91. The third-order valence-electron chi connectivity index (χ3n) is 3.19. The van der Waals surface area contributed by atoms with Gasteiger partial charge in [0.15, 0.2) is 26.3 Å². The van der Waals surface area contributed by atoms with Crippen molar-refractivity contribution in [2.45, 2.75) is 9.79 Å². The Hall–Kier alpha value is -2.39. The number of hydrogen-bond donors (Lipinski definition) is 1. The summed E-state index contributed by atoms with van der Waals surface area (Å²) in [6.45, 7) is -0.272. The summed E-state index contributed by atoms with van der Waals surface area (Å²) in [5.41, 5.74) is 0.438. The van der Waals surface area contributed by atoms with Crippen LogP contribution in [-0.4, -0.2) is 41.9 Å². The van der Waals surface area contributed by atoms with E-state index < -0.39 is 25.6 Å². The number of sulfone groups is 2. The van der Waals surface area contributed by atoms with Crippen molar-refractivity contribution in [2.24, 2.45) is 0 Å². The van der Waals surface area contributed by atoms with Crippen LogP contribution in [0.15, 0.2) is 58.3 Å². The Morgan fingerprint density at radius 1 is 0.840 bits per heavy atom. The number of hydrogen-bond acceptors (Lipinski definition) is 6. The van der Waals surface area contributed by atoms with Crippen LogP contribution in [0.2, 0.25) is 0 Å². The van der Waals surface area contributed by atoms with Gasteiger partial charge in [0.2, 0.25) is 0 Å². The van der Waals surface area contributed by atoms with E-state index in [2.05, 4.69) is 5.32 Å². The van der Waals surface area contributed by atoms with Gasteiger partial charge in [-0.3, -0.25) is 4.79 Å². The van der Waals surface area contributed by atoms with Crippen LogP contribution >= 0.6 is 0 Å². The molecule has 0 aliphatic carbocycles. The summed E-state index contributed by atoms with van der Waals surface area (Å²) in [6, 6.07) is 11.5. The molecule has 1 N–H and O–H groups in total. The van der Waals surface area contributed by atoms with Crippen molar-refractivity contribution in [1.82, 2.24) is 0 Å². The molecule has 2 aromatic carbocycles. The topological polar surface area (TPSA) is 107 Å². The minimum absolute atomic E-state index is 0.160. The van der Waals surface area contributed by atoms with E-state index in [1.807, 2.05) is 0 Å². The lowest BCUT2D eigenvalue weighted by Gasteiger charge is -2.08.